The Balaban J connectivity index is 2.27. The number of phenolic OH excluding ortho intramolecular Hbond substituents is 1. The summed E-state index contributed by atoms with van der Waals surface area (Å²) in [4.78, 5) is 14.7. The second-order valence-electron chi connectivity index (χ2n) is 6.95. The highest BCUT2D eigenvalue weighted by Crippen LogP contribution is 2.33. The molecular weight excluding hydrogens is 333 g/mol. The third-order valence-corrected chi connectivity index (χ3v) is 4.09. The van der Waals surface area contributed by atoms with Crippen molar-refractivity contribution in [1.82, 2.24) is 9.55 Å². The molecule has 0 aliphatic rings. The molecule has 0 radical (unpaired) electrons. The maximum absolute atomic E-state index is 12.9. The molecule has 0 spiro atoms. The molecule has 0 bridgehead atoms. The van der Waals surface area contributed by atoms with E-state index in [2.05, 4.69) is 4.98 Å². The Kier molecular flexibility index (Phi) is 3.70. The number of alkyl halides is 3. The topological polar surface area (TPSA) is 58.0 Å². The number of aromatic nitrogens is 2. The SMILES string of the molecule is CC(C)(C)c1ccc(O)c(-n2c(=O)[nH]c3cc(C(F)(F)F)ccc32)c1. The van der Waals surface area contributed by atoms with Gasteiger partial charge in [0.05, 0.1) is 22.3 Å². The van der Waals surface area contributed by atoms with Crippen LogP contribution >= 0.6 is 0 Å². The zero-order valence-electron chi connectivity index (χ0n) is 13.9. The van der Waals surface area contributed by atoms with Crippen LogP contribution in [0.2, 0.25) is 0 Å². The van der Waals surface area contributed by atoms with Gasteiger partial charge in [0.2, 0.25) is 0 Å². The van der Waals surface area contributed by atoms with Crippen LogP contribution in [-0.4, -0.2) is 14.7 Å². The first-order chi connectivity index (χ1) is 11.5. The van der Waals surface area contributed by atoms with Crippen LogP contribution < -0.4 is 5.69 Å². The summed E-state index contributed by atoms with van der Waals surface area (Å²) in [5.41, 5.74) is -0.255. The zero-order chi connectivity index (χ0) is 18.6. The standard InChI is InChI=1S/C18H17F3N2O2/c1-17(2,3)10-5-7-15(24)14(9-10)23-13-6-4-11(18(19,20)21)8-12(13)22-16(23)25/h4-9,24H,1-3H3,(H,22,25). The number of hydrogen-bond acceptors (Lipinski definition) is 2. The molecule has 0 saturated heterocycles. The monoisotopic (exact) mass is 350 g/mol. The minimum absolute atomic E-state index is 0.0559. The van der Waals surface area contributed by atoms with Crippen LogP contribution in [0.15, 0.2) is 41.2 Å². The van der Waals surface area contributed by atoms with Gasteiger partial charge in [0.1, 0.15) is 5.75 Å². The largest absolute Gasteiger partial charge is 0.506 e. The van der Waals surface area contributed by atoms with Gasteiger partial charge in [-0.15, -0.1) is 0 Å². The van der Waals surface area contributed by atoms with E-state index >= 15 is 0 Å². The molecule has 1 heterocycles. The van der Waals surface area contributed by atoms with E-state index in [0.717, 1.165) is 17.7 Å². The second kappa shape index (κ2) is 5.40. The van der Waals surface area contributed by atoms with Crippen molar-refractivity contribution in [3.8, 4) is 11.4 Å². The lowest BCUT2D eigenvalue weighted by Crippen LogP contribution is -2.17. The van der Waals surface area contributed by atoms with Gasteiger partial charge in [-0.3, -0.25) is 4.57 Å². The Morgan fingerprint density at radius 2 is 1.64 bits per heavy atom. The fourth-order valence-electron chi connectivity index (χ4n) is 2.70. The molecule has 7 heteroatoms. The predicted molar refractivity (Wildman–Crippen MR) is 89.3 cm³/mol. The molecule has 0 atom stereocenters. The van der Waals surface area contributed by atoms with E-state index in [1.165, 1.54) is 16.7 Å². The van der Waals surface area contributed by atoms with Gasteiger partial charge >= 0.3 is 11.9 Å². The number of phenols is 1. The lowest BCUT2D eigenvalue weighted by atomic mass is 9.87. The Bertz CT molecular complexity index is 1010. The van der Waals surface area contributed by atoms with Crippen LogP contribution in [0, 0.1) is 0 Å². The second-order valence-corrected chi connectivity index (χ2v) is 6.95. The van der Waals surface area contributed by atoms with Crippen LogP contribution in [0.4, 0.5) is 13.2 Å². The number of halogens is 3. The fourth-order valence-corrected chi connectivity index (χ4v) is 2.70. The Labute approximate surface area is 141 Å². The molecule has 4 nitrogen and oxygen atoms in total. The summed E-state index contributed by atoms with van der Waals surface area (Å²) in [6.45, 7) is 5.95. The Hall–Kier alpha value is -2.70. The zero-order valence-corrected chi connectivity index (χ0v) is 13.9. The average molecular weight is 350 g/mol. The van der Waals surface area contributed by atoms with E-state index in [1.54, 1.807) is 12.1 Å². The number of rotatable bonds is 1. The van der Waals surface area contributed by atoms with Crippen molar-refractivity contribution in [3.63, 3.8) is 0 Å². The summed E-state index contributed by atoms with van der Waals surface area (Å²) >= 11 is 0. The molecule has 0 unspecified atom stereocenters. The number of nitrogens with one attached hydrogen (secondary N) is 1. The summed E-state index contributed by atoms with van der Waals surface area (Å²) in [5, 5.41) is 10.2. The predicted octanol–water partition coefficient (Wildman–Crippen LogP) is 4.34. The normalized spacial score (nSPS) is 12.7. The molecule has 132 valence electrons. The molecule has 0 fully saturated rings. The van der Waals surface area contributed by atoms with Crippen LogP contribution in [0.25, 0.3) is 16.7 Å². The molecule has 0 saturated carbocycles. The van der Waals surface area contributed by atoms with Crippen LogP contribution in [0.1, 0.15) is 31.9 Å². The van der Waals surface area contributed by atoms with Gasteiger partial charge < -0.3 is 10.1 Å². The maximum atomic E-state index is 12.9. The summed E-state index contributed by atoms with van der Waals surface area (Å²) < 4.78 is 39.7. The lowest BCUT2D eigenvalue weighted by Gasteiger charge is -2.20. The lowest BCUT2D eigenvalue weighted by molar-refractivity contribution is -0.137. The van der Waals surface area contributed by atoms with Gasteiger partial charge in [-0.25, -0.2) is 4.79 Å². The highest BCUT2D eigenvalue weighted by molar-refractivity contribution is 5.79. The fraction of sp³-hybridized carbons (Fsp3) is 0.278. The molecule has 1 aromatic heterocycles. The minimum Gasteiger partial charge on any atom is -0.506 e. The number of H-pyrrole nitrogens is 1. The van der Waals surface area contributed by atoms with E-state index in [0.29, 0.717) is 0 Å². The summed E-state index contributed by atoms with van der Waals surface area (Å²) in [6.07, 6.45) is -4.50. The quantitative estimate of drug-likeness (QED) is 0.686. The summed E-state index contributed by atoms with van der Waals surface area (Å²) in [7, 11) is 0. The highest BCUT2D eigenvalue weighted by Gasteiger charge is 2.31. The van der Waals surface area contributed by atoms with Crippen molar-refractivity contribution in [2.24, 2.45) is 0 Å². The number of aromatic hydroxyl groups is 1. The maximum Gasteiger partial charge on any atom is 0.416 e. The highest BCUT2D eigenvalue weighted by atomic mass is 19.4. The van der Waals surface area contributed by atoms with Gasteiger partial charge in [-0.1, -0.05) is 26.8 Å². The van der Waals surface area contributed by atoms with Crippen molar-refractivity contribution in [2.45, 2.75) is 32.4 Å². The number of imidazole rings is 1. The van der Waals surface area contributed by atoms with Crippen LogP contribution in [0.3, 0.4) is 0 Å². The molecular formula is C18H17F3N2O2. The Morgan fingerprint density at radius 3 is 2.24 bits per heavy atom. The first kappa shape index (κ1) is 17.1. The van der Waals surface area contributed by atoms with Crippen molar-refractivity contribution < 1.29 is 18.3 Å². The van der Waals surface area contributed by atoms with E-state index in [-0.39, 0.29) is 27.9 Å². The van der Waals surface area contributed by atoms with Gasteiger partial charge in [-0.2, -0.15) is 13.2 Å². The van der Waals surface area contributed by atoms with E-state index in [4.69, 9.17) is 0 Å². The number of hydrogen-bond donors (Lipinski definition) is 2. The number of fused-ring (bicyclic) bond motifs is 1. The van der Waals surface area contributed by atoms with Crippen molar-refractivity contribution in [2.75, 3.05) is 0 Å². The van der Waals surface area contributed by atoms with Crippen molar-refractivity contribution in [3.05, 3.63) is 58.0 Å². The van der Waals surface area contributed by atoms with E-state index in [9.17, 15) is 23.1 Å². The molecule has 0 amide bonds. The molecule has 0 aliphatic carbocycles. The first-order valence-electron chi connectivity index (χ1n) is 7.64. The number of aromatic amines is 1. The molecule has 25 heavy (non-hydrogen) atoms. The van der Waals surface area contributed by atoms with Gasteiger partial charge in [0.15, 0.2) is 0 Å². The van der Waals surface area contributed by atoms with Gasteiger partial charge in [0.25, 0.3) is 0 Å². The van der Waals surface area contributed by atoms with Crippen LogP contribution in [-0.2, 0) is 11.6 Å². The van der Waals surface area contributed by atoms with Crippen LogP contribution in [0.5, 0.6) is 5.75 Å². The Morgan fingerprint density at radius 1 is 1.00 bits per heavy atom. The summed E-state index contributed by atoms with van der Waals surface area (Å²) in [5.74, 6) is -0.129. The van der Waals surface area contributed by atoms with Crippen molar-refractivity contribution >= 4 is 11.0 Å². The average Bonchev–Trinajstić information content (AvgIpc) is 2.80. The van der Waals surface area contributed by atoms with Crippen molar-refractivity contribution in [1.29, 1.82) is 0 Å². The third-order valence-electron chi connectivity index (χ3n) is 4.09. The molecule has 3 aromatic rings. The molecule has 2 N–H and O–H groups in total. The van der Waals surface area contributed by atoms with E-state index < -0.39 is 17.4 Å². The first-order valence-corrected chi connectivity index (χ1v) is 7.64. The molecule has 2 aromatic carbocycles. The minimum atomic E-state index is -4.50. The number of nitrogens with zero attached hydrogens (tertiary/aromatic N) is 1. The molecule has 0 aliphatic heterocycles. The van der Waals surface area contributed by atoms with E-state index in [1.807, 2.05) is 20.8 Å². The van der Waals surface area contributed by atoms with Gasteiger partial charge in [0, 0.05) is 0 Å². The molecule has 3 rings (SSSR count). The smallest absolute Gasteiger partial charge is 0.416 e. The third kappa shape index (κ3) is 3.01. The summed E-state index contributed by atoms with van der Waals surface area (Å²) in [6, 6.07) is 7.92. The number of benzene rings is 2. The van der Waals surface area contributed by atoms with Gasteiger partial charge in [-0.05, 0) is 41.3 Å².